The first-order valence-corrected chi connectivity index (χ1v) is 11.7. The summed E-state index contributed by atoms with van der Waals surface area (Å²) in [5.41, 5.74) is 3.54. The Morgan fingerprint density at radius 3 is 2.94 bits per heavy atom. The maximum absolute atomic E-state index is 11.9. The van der Waals surface area contributed by atoms with Crippen molar-refractivity contribution >= 4 is 10.9 Å². The molecule has 33 heavy (non-hydrogen) atoms. The molecule has 0 aliphatic carbocycles. The lowest BCUT2D eigenvalue weighted by Gasteiger charge is -2.58. The number of aliphatic hydroxyl groups excluding tert-OH is 1. The summed E-state index contributed by atoms with van der Waals surface area (Å²) in [7, 11) is 1.65. The van der Waals surface area contributed by atoms with E-state index in [2.05, 4.69) is 29.8 Å². The minimum absolute atomic E-state index is 0.0449. The van der Waals surface area contributed by atoms with E-state index in [4.69, 9.17) is 4.74 Å². The number of fused-ring (bicyclic) bond motifs is 4. The zero-order valence-corrected chi connectivity index (χ0v) is 19.0. The van der Waals surface area contributed by atoms with Crippen molar-refractivity contribution in [3.63, 3.8) is 0 Å². The summed E-state index contributed by atoms with van der Waals surface area (Å²) >= 11 is 0. The first-order chi connectivity index (χ1) is 16.1. The maximum atomic E-state index is 11.9. The highest BCUT2D eigenvalue weighted by atomic mass is 16.5. The Kier molecular flexibility index (Phi) is 5.65. The highest BCUT2D eigenvalue weighted by molar-refractivity contribution is 5.83. The fourth-order valence-corrected chi connectivity index (χ4v) is 6.23. The number of benzene rings is 2. The van der Waals surface area contributed by atoms with Gasteiger partial charge in [0.2, 0.25) is 0 Å². The number of hydrogen-bond acceptors (Lipinski definition) is 4. The number of quaternary nitrogens is 1. The Hall–Kier alpha value is -3.20. The molecule has 3 aliphatic rings. The first-order valence-electron chi connectivity index (χ1n) is 11.7. The minimum Gasteiger partial charge on any atom is -0.497 e. The molecule has 5 atom stereocenters. The Labute approximate surface area is 195 Å². The monoisotopic (exact) mass is 440 g/mol. The van der Waals surface area contributed by atoms with Crippen molar-refractivity contribution in [3.05, 3.63) is 84.1 Å². The molecule has 4 heterocycles. The predicted octanol–water partition coefficient (Wildman–Crippen LogP) is 4.76. The Morgan fingerprint density at radius 2 is 2.15 bits per heavy atom. The number of aliphatic hydroxyl groups is 1. The lowest BCUT2D eigenvalue weighted by atomic mass is 9.71. The summed E-state index contributed by atoms with van der Waals surface area (Å²) in [5, 5.41) is 22.5. The molecule has 5 heteroatoms. The molecule has 0 radical (unpaired) electrons. The van der Waals surface area contributed by atoms with Gasteiger partial charge in [-0.15, -0.1) is 6.58 Å². The quantitative estimate of drug-likeness (QED) is 0.443. The molecule has 4 unspecified atom stereocenters. The molecule has 168 valence electrons. The molecule has 2 bridgehead atoms. The van der Waals surface area contributed by atoms with Crippen molar-refractivity contribution in [2.24, 2.45) is 11.8 Å². The molecular formula is C28H30N3O2+. The van der Waals surface area contributed by atoms with E-state index in [0.717, 1.165) is 70.3 Å². The average Bonchev–Trinajstić information content (AvgIpc) is 2.87. The van der Waals surface area contributed by atoms with Gasteiger partial charge in [-0.2, -0.15) is 5.26 Å². The third-order valence-electron chi connectivity index (χ3n) is 7.96. The van der Waals surface area contributed by atoms with Gasteiger partial charge in [-0.25, -0.2) is 0 Å². The fraction of sp³-hybridized carbons (Fsp3) is 0.357. The number of nitriles is 1. The van der Waals surface area contributed by atoms with E-state index in [0.29, 0.717) is 11.8 Å². The largest absolute Gasteiger partial charge is 0.497 e. The number of pyridine rings is 1. The van der Waals surface area contributed by atoms with Gasteiger partial charge in [-0.1, -0.05) is 24.3 Å². The van der Waals surface area contributed by atoms with Crippen LogP contribution in [0, 0.1) is 23.2 Å². The van der Waals surface area contributed by atoms with Crippen molar-refractivity contribution in [3.8, 4) is 11.8 Å². The summed E-state index contributed by atoms with van der Waals surface area (Å²) in [6.07, 6.45) is 5.32. The van der Waals surface area contributed by atoms with E-state index >= 15 is 0 Å². The molecule has 0 spiro atoms. The number of aromatic nitrogens is 1. The van der Waals surface area contributed by atoms with Crippen LogP contribution < -0.4 is 4.74 Å². The normalized spacial score (nSPS) is 27.1. The fourth-order valence-electron chi connectivity index (χ4n) is 6.23. The highest BCUT2D eigenvalue weighted by Gasteiger charge is 2.54. The number of hydrogen-bond donors (Lipinski definition) is 1. The molecule has 3 aliphatic heterocycles. The lowest BCUT2D eigenvalue weighted by Crippen LogP contribution is -2.67. The third kappa shape index (κ3) is 3.70. The molecule has 2 aromatic carbocycles. The zero-order valence-electron chi connectivity index (χ0n) is 19.0. The van der Waals surface area contributed by atoms with Crippen LogP contribution >= 0.6 is 0 Å². The van der Waals surface area contributed by atoms with Crippen molar-refractivity contribution in [1.82, 2.24) is 4.98 Å². The van der Waals surface area contributed by atoms with Gasteiger partial charge in [-0.3, -0.25) is 4.98 Å². The van der Waals surface area contributed by atoms with E-state index in [9.17, 15) is 10.4 Å². The molecule has 3 aromatic rings. The standard InChI is InChI=1S/C28H30N3O2/c1-3-19-17-31(18-22-7-5-4-6-21(22)16-29)13-11-20(19)14-27(31)28(32)24-10-12-30-26-9-8-23(33-2)15-25(24)26/h3-10,12,15,19-20,27-28,32H,1,11,13-14,17-18H2,2H3/q+1/t19?,20?,27?,28-,31?/m1/s1. The van der Waals surface area contributed by atoms with Crippen LogP contribution in [-0.2, 0) is 6.54 Å². The Balaban J connectivity index is 1.58. The maximum Gasteiger partial charge on any atom is 0.131 e. The van der Waals surface area contributed by atoms with Gasteiger partial charge in [0.15, 0.2) is 0 Å². The topological polar surface area (TPSA) is 66.1 Å². The van der Waals surface area contributed by atoms with Crippen LogP contribution in [0.15, 0.2) is 67.4 Å². The summed E-state index contributed by atoms with van der Waals surface area (Å²) in [4.78, 5) is 4.50. The third-order valence-corrected chi connectivity index (χ3v) is 7.96. The molecular weight excluding hydrogens is 410 g/mol. The SMILES string of the molecule is C=CC1C[N+]2(Cc3ccccc3C#N)CCC1CC2[C@H](O)c1ccnc2ccc(OC)cc12. The predicted molar refractivity (Wildman–Crippen MR) is 128 cm³/mol. The van der Waals surface area contributed by atoms with E-state index in [1.807, 2.05) is 42.5 Å². The van der Waals surface area contributed by atoms with Gasteiger partial charge in [0.25, 0.3) is 0 Å². The van der Waals surface area contributed by atoms with E-state index in [1.54, 1.807) is 13.3 Å². The van der Waals surface area contributed by atoms with Gasteiger partial charge >= 0.3 is 0 Å². The summed E-state index contributed by atoms with van der Waals surface area (Å²) in [5.74, 6) is 1.73. The van der Waals surface area contributed by atoms with E-state index in [1.165, 1.54) is 0 Å². The molecule has 0 amide bonds. The molecule has 1 N–H and O–H groups in total. The van der Waals surface area contributed by atoms with Crippen molar-refractivity contribution in [1.29, 1.82) is 5.26 Å². The van der Waals surface area contributed by atoms with Gasteiger partial charge in [0.1, 0.15) is 24.4 Å². The zero-order chi connectivity index (χ0) is 23.0. The number of methoxy groups -OCH3 is 1. The van der Waals surface area contributed by atoms with Crippen LogP contribution in [0.25, 0.3) is 10.9 Å². The van der Waals surface area contributed by atoms with Crippen molar-refractivity contribution in [2.45, 2.75) is 31.5 Å². The molecule has 3 saturated heterocycles. The van der Waals surface area contributed by atoms with E-state index in [-0.39, 0.29) is 6.04 Å². The number of piperidine rings is 3. The molecule has 1 aromatic heterocycles. The minimum atomic E-state index is -0.634. The summed E-state index contributed by atoms with van der Waals surface area (Å²) in [6, 6.07) is 18.0. The van der Waals surface area contributed by atoms with Gasteiger partial charge in [-0.05, 0) is 41.8 Å². The van der Waals surface area contributed by atoms with E-state index < -0.39 is 6.10 Å². The highest BCUT2D eigenvalue weighted by Crippen LogP contribution is 2.48. The van der Waals surface area contributed by atoms with Crippen LogP contribution in [0.4, 0.5) is 0 Å². The second-order valence-electron chi connectivity index (χ2n) is 9.53. The van der Waals surface area contributed by atoms with Crippen molar-refractivity contribution in [2.75, 3.05) is 20.2 Å². The van der Waals surface area contributed by atoms with Gasteiger partial charge < -0.3 is 14.3 Å². The van der Waals surface area contributed by atoms with Crippen LogP contribution in [0.5, 0.6) is 5.75 Å². The number of ether oxygens (including phenoxy) is 1. The lowest BCUT2D eigenvalue weighted by molar-refractivity contribution is -0.985. The molecule has 3 fully saturated rings. The molecule has 5 nitrogen and oxygen atoms in total. The average molecular weight is 441 g/mol. The van der Waals surface area contributed by atoms with Crippen LogP contribution in [0.1, 0.15) is 35.6 Å². The number of nitrogens with zero attached hydrogens (tertiary/aromatic N) is 3. The van der Waals surface area contributed by atoms with Crippen molar-refractivity contribution < 1.29 is 14.3 Å². The first kappa shape index (κ1) is 21.6. The second-order valence-corrected chi connectivity index (χ2v) is 9.53. The van der Waals surface area contributed by atoms with Gasteiger partial charge in [0, 0.05) is 35.9 Å². The van der Waals surface area contributed by atoms with Crippen LogP contribution in [0.3, 0.4) is 0 Å². The Morgan fingerprint density at radius 1 is 1.30 bits per heavy atom. The summed E-state index contributed by atoms with van der Waals surface area (Å²) in [6.45, 7) is 6.81. The molecule has 0 saturated carbocycles. The van der Waals surface area contributed by atoms with Crippen LogP contribution in [-0.4, -0.2) is 40.8 Å². The smallest absolute Gasteiger partial charge is 0.131 e. The van der Waals surface area contributed by atoms with Gasteiger partial charge in [0.05, 0.1) is 37.3 Å². The summed E-state index contributed by atoms with van der Waals surface area (Å²) < 4.78 is 6.23. The molecule has 6 rings (SSSR count). The van der Waals surface area contributed by atoms with Crippen LogP contribution in [0.2, 0.25) is 0 Å². The second kappa shape index (κ2) is 8.62. The Bertz CT molecular complexity index is 1230. The number of rotatable bonds is 6.